The maximum absolute atomic E-state index is 14.2. The second-order valence-electron chi connectivity index (χ2n) is 15.8. The Morgan fingerprint density at radius 2 is 1.81 bits per heavy atom. The molecule has 13 nitrogen and oxygen atoms in total. The predicted molar refractivity (Wildman–Crippen MR) is 209 cm³/mol. The summed E-state index contributed by atoms with van der Waals surface area (Å²) in [5.74, 6) is -0.869. The summed E-state index contributed by atoms with van der Waals surface area (Å²) in [5.41, 5.74) is 2.99. The number of ether oxygens (including phenoxy) is 2. The molecule has 1 saturated carbocycles. The summed E-state index contributed by atoms with van der Waals surface area (Å²) in [4.78, 5) is 66.7. The van der Waals surface area contributed by atoms with Crippen molar-refractivity contribution in [3.8, 4) is 5.75 Å². The molecule has 288 valence electrons. The quantitative estimate of drug-likeness (QED) is 0.104. The minimum absolute atomic E-state index is 0.0388. The zero-order valence-electron chi connectivity index (χ0n) is 32.3. The van der Waals surface area contributed by atoms with Crippen LogP contribution in [0.5, 0.6) is 5.75 Å². The van der Waals surface area contributed by atoms with E-state index in [2.05, 4.69) is 30.3 Å². The Labute approximate surface area is 317 Å². The van der Waals surface area contributed by atoms with E-state index < -0.39 is 31.4 Å². The Morgan fingerprint density at radius 1 is 1.06 bits per heavy atom. The van der Waals surface area contributed by atoms with Gasteiger partial charge in [-0.05, 0) is 44.7 Å². The third kappa shape index (κ3) is 8.92. The molecule has 4 aromatic rings. The van der Waals surface area contributed by atoms with Gasteiger partial charge in [-0.15, -0.1) is 0 Å². The average molecular weight is 756 g/mol. The fraction of sp³-hybridized carbons (Fsp3) is 0.500. The molecule has 0 saturated heterocycles. The minimum Gasteiger partial charge on any atom is -0.487 e. The molecular formula is C40H53N7O6Si. The van der Waals surface area contributed by atoms with Gasteiger partial charge in [0.15, 0.2) is 17.1 Å². The normalized spacial score (nSPS) is 15.0. The second kappa shape index (κ2) is 16.7. The molecular weight excluding hydrogens is 703 g/mol. The molecule has 3 aromatic heterocycles. The van der Waals surface area contributed by atoms with Gasteiger partial charge in [-0.25, -0.2) is 9.97 Å². The minimum atomic E-state index is -1.30. The van der Waals surface area contributed by atoms with E-state index in [9.17, 15) is 19.2 Å². The van der Waals surface area contributed by atoms with Gasteiger partial charge in [0, 0.05) is 57.7 Å². The number of benzene rings is 1. The molecule has 2 aliphatic rings. The summed E-state index contributed by atoms with van der Waals surface area (Å²) in [6.07, 6.45) is 7.17. The Hall–Kier alpha value is -4.82. The number of fused-ring (bicyclic) bond motifs is 2. The summed E-state index contributed by atoms with van der Waals surface area (Å²) >= 11 is 0. The van der Waals surface area contributed by atoms with Crippen LogP contribution in [0.2, 0.25) is 25.7 Å². The fourth-order valence-corrected chi connectivity index (χ4v) is 7.33. The van der Waals surface area contributed by atoms with Crippen LogP contribution in [0.25, 0.3) is 11.2 Å². The van der Waals surface area contributed by atoms with Crippen LogP contribution in [-0.4, -0.2) is 75.6 Å². The van der Waals surface area contributed by atoms with Crippen molar-refractivity contribution in [2.24, 2.45) is 0 Å². The van der Waals surface area contributed by atoms with Crippen molar-refractivity contribution in [1.82, 2.24) is 34.6 Å². The van der Waals surface area contributed by atoms with Gasteiger partial charge < -0.3 is 34.1 Å². The van der Waals surface area contributed by atoms with Gasteiger partial charge in [-0.3, -0.25) is 19.2 Å². The lowest BCUT2D eigenvalue weighted by molar-refractivity contribution is -0.123. The van der Waals surface area contributed by atoms with Crippen LogP contribution in [-0.2, 0) is 29.4 Å². The van der Waals surface area contributed by atoms with E-state index in [4.69, 9.17) is 19.4 Å². The SMILES string of the molecule is CCCCOc1c2n(c(CNC(=O)[C@H](NC(=O)c3cn(COCC[Si](C)(C)C)c4ncc(C5CC5)nc34)c3ccccc3)cc1=O)CCN(C(C)C)C2=O. The summed E-state index contributed by atoms with van der Waals surface area (Å²) in [5, 5.41) is 5.91. The fourth-order valence-electron chi connectivity index (χ4n) is 6.57. The molecule has 2 N–H and O–H groups in total. The molecule has 54 heavy (non-hydrogen) atoms. The van der Waals surface area contributed by atoms with Crippen LogP contribution >= 0.6 is 0 Å². The van der Waals surface area contributed by atoms with Crippen molar-refractivity contribution in [2.75, 3.05) is 19.8 Å². The van der Waals surface area contributed by atoms with E-state index in [1.807, 2.05) is 26.8 Å². The van der Waals surface area contributed by atoms with Crippen molar-refractivity contribution < 1.29 is 23.9 Å². The summed E-state index contributed by atoms with van der Waals surface area (Å²) in [6, 6.07) is 10.3. The number of hydrogen-bond acceptors (Lipinski definition) is 8. The molecule has 0 spiro atoms. The van der Waals surface area contributed by atoms with E-state index >= 15 is 0 Å². The van der Waals surface area contributed by atoms with Crippen LogP contribution in [0.3, 0.4) is 0 Å². The molecule has 0 radical (unpaired) electrons. The summed E-state index contributed by atoms with van der Waals surface area (Å²) < 4.78 is 15.5. The number of nitrogens with zero attached hydrogens (tertiary/aromatic N) is 5. The second-order valence-corrected chi connectivity index (χ2v) is 21.4. The molecule has 1 aliphatic carbocycles. The number of rotatable bonds is 17. The first-order chi connectivity index (χ1) is 25.9. The Bertz CT molecular complexity index is 2050. The number of nitrogens with one attached hydrogen (secondary N) is 2. The van der Waals surface area contributed by atoms with E-state index in [1.165, 1.54) is 6.07 Å². The first kappa shape index (κ1) is 38.9. The average Bonchev–Trinajstić information content (AvgIpc) is 3.93. The molecule has 1 fully saturated rings. The van der Waals surface area contributed by atoms with E-state index in [0.717, 1.165) is 37.4 Å². The number of carbonyl (C=O) groups excluding carboxylic acids is 3. The Kier molecular flexibility index (Phi) is 12.0. The van der Waals surface area contributed by atoms with E-state index in [-0.39, 0.29) is 36.7 Å². The maximum atomic E-state index is 14.2. The van der Waals surface area contributed by atoms with Crippen LogP contribution in [0, 0.1) is 0 Å². The third-order valence-corrected chi connectivity index (χ3v) is 11.6. The molecule has 6 rings (SSSR count). The van der Waals surface area contributed by atoms with E-state index in [0.29, 0.717) is 60.2 Å². The molecule has 0 bridgehead atoms. The van der Waals surface area contributed by atoms with Gasteiger partial charge in [0.1, 0.15) is 18.3 Å². The van der Waals surface area contributed by atoms with Crippen molar-refractivity contribution in [2.45, 2.75) is 110 Å². The summed E-state index contributed by atoms with van der Waals surface area (Å²) in [6.45, 7) is 14.8. The number of amides is 3. The number of carbonyl (C=O) groups is 3. The molecule has 1 aliphatic heterocycles. The number of pyridine rings is 1. The monoisotopic (exact) mass is 755 g/mol. The first-order valence-corrected chi connectivity index (χ1v) is 22.8. The van der Waals surface area contributed by atoms with Crippen molar-refractivity contribution >= 4 is 37.0 Å². The van der Waals surface area contributed by atoms with Gasteiger partial charge >= 0.3 is 0 Å². The van der Waals surface area contributed by atoms with E-state index in [1.54, 1.807) is 50.7 Å². The molecule has 0 unspecified atom stereocenters. The van der Waals surface area contributed by atoms with Crippen molar-refractivity contribution in [1.29, 1.82) is 0 Å². The topological polar surface area (TPSA) is 150 Å². The molecule has 1 atom stereocenters. The van der Waals surface area contributed by atoms with Crippen LogP contribution in [0.15, 0.2) is 53.6 Å². The highest BCUT2D eigenvalue weighted by Crippen LogP contribution is 2.39. The molecule has 1 aromatic carbocycles. The first-order valence-electron chi connectivity index (χ1n) is 19.1. The largest absolute Gasteiger partial charge is 0.487 e. The highest BCUT2D eigenvalue weighted by Gasteiger charge is 2.33. The maximum Gasteiger partial charge on any atom is 0.274 e. The Balaban J connectivity index is 1.27. The van der Waals surface area contributed by atoms with Gasteiger partial charge in [0.05, 0.1) is 30.6 Å². The third-order valence-electron chi connectivity index (χ3n) is 9.91. The summed E-state index contributed by atoms with van der Waals surface area (Å²) in [7, 11) is -1.30. The zero-order chi connectivity index (χ0) is 38.6. The standard InChI is InChI=1S/C40H53N7O6Si/c1-7-8-18-53-36-32(48)21-29(47-17-16-46(26(2)3)40(51)35(36)47)22-42-39(50)33(28-12-10-9-11-13-28)44-38(49)30-24-45(25-52-19-20-54(4,5)6)37-34(30)43-31(23-41-37)27-14-15-27/h9-13,21,23-24,26-27,33H,7-8,14-20,22,25H2,1-6H3,(H,42,50)(H,44,49)/t33-/m1/s1. The van der Waals surface area contributed by atoms with Gasteiger partial charge in [-0.2, -0.15) is 0 Å². The lowest BCUT2D eigenvalue weighted by atomic mass is 10.1. The predicted octanol–water partition coefficient (Wildman–Crippen LogP) is 5.61. The van der Waals surface area contributed by atoms with Gasteiger partial charge in [0.25, 0.3) is 11.8 Å². The van der Waals surface area contributed by atoms with Crippen molar-refractivity contribution in [3.05, 3.63) is 87.2 Å². The Morgan fingerprint density at radius 3 is 2.50 bits per heavy atom. The molecule has 4 heterocycles. The lowest BCUT2D eigenvalue weighted by Crippen LogP contribution is -2.47. The highest BCUT2D eigenvalue weighted by molar-refractivity contribution is 6.76. The zero-order valence-corrected chi connectivity index (χ0v) is 33.3. The highest BCUT2D eigenvalue weighted by atomic mass is 28.3. The number of hydrogen-bond donors (Lipinski definition) is 2. The number of aromatic nitrogens is 4. The molecule has 14 heteroatoms. The van der Waals surface area contributed by atoms with Gasteiger partial charge in [0.2, 0.25) is 11.3 Å². The lowest BCUT2D eigenvalue weighted by Gasteiger charge is -2.35. The number of unbranched alkanes of at least 4 members (excludes halogenated alkanes) is 1. The van der Waals surface area contributed by atoms with Crippen LogP contribution in [0.1, 0.15) is 96.2 Å². The van der Waals surface area contributed by atoms with Crippen LogP contribution < -0.4 is 20.8 Å². The molecule has 3 amide bonds. The smallest absolute Gasteiger partial charge is 0.274 e. The van der Waals surface area contributed by atoms with Gasteiger partial charge in [-0.1, -0.05) is 63.3 Å². The van der Waals surface area contributed by atoms with Crippen LogP contribution in [0.4, 0.5) is 0 Å². The van der Waals surface area contributed by atoms with Crippen molar-refractivity contribution in [3.63, 3.8) is 0 Å².